The summed E-state index contributed by atoms with van der Waals surface area (Å²) in [4.78, 5) is 12.3. The van der Waals surface area contributed by atoms with Gasteiger partial charge in [-0.05, 0) is 31.5 Å². The van der Waals surface area contributed by atoms with Gasteiger partial charge in [0.15, 0.2) is 0 Å². The van der Waals surface area contributed by atoms with Crippen LogP contribution in [-0.4, -0.2) is 48.2 Å². The molecule has 1 amide bonds. The van der Waals surface area contributed by atoms with E-state index >= 15 is 0 Å². The Bertz CT molecular complexity index is 1220. The van der Waals surface area contributed by atoms with E-state index in [1.54, 1.807) is 23.7 Å². The van der Waals surface area contributed by atoms with Crippen LogP contribution < -0.4 is 5.43 Å². The molecule has 1 heterocycles. The zero-order chi connectivity index (χ0) is 23.3. The highest BCUT2D eigenvalue weighted by Gasteiger charge is 2.22. The van der Waals surface area contributed by atoms with Gasteiger partial charge in [-0.25, -0.2) is 18.5 Å². The van der Waals surface area contributed by atoms with Crippen molar-refractivity contribution in [1.29, 1.82) is 0 Å². The third kappa shape index (κ3) is 5.61. The van der Waals surface area contributed by atoms with Crippen LogP contribution in [0.4, 0.5) is 0 Å². The van der Waals surface area contributed by atoms with Crippen LogP contribution in [0.25, 0.3) is 0 Å². The molecule has 168 valence electrons. The first-order valence-corrected chi connectivity index (χ1v) is 11.6. The molecule has 0 saturated heterocycles. The fourth-order valence-corrected chi connectivity index (χ4v) is 4.37. The Labute approximate surface area is 192 Å². The summed E-state index contributed by atoms with van der Waals surface area (Å²) in [6, 6.07) is 16.2. The standard InChI is InChI=1S/C22H24ClN5O3S/c1-16-9-11-19(12-10-16)32(30,31)27(3)15-21(29)25-24-13-20-17(2)26-28(22(20)23)14-18-7-5-4-6-8-18/h4-13H,14-15H2,1-3H3,(H,25,29)/b24-13+. The Hall–Kier alpha value is -3.01. The molecule has 0 unspecified atom stereocenters. The monoisotopic (exact) mass is 473 g/mol. The number of amides is 1. The molecule has 32 heavy (non-hydrogen) atoms. The molecule has 0 aliphatic rings. The van der Waals surface area contributed by atoms with E-state index in [0.29, 0.717) is 23.0 Å². The Morgan fingerprint density at radius 1 is 1.16 bits per heavy atom. The highest BCUT2D eigenvalue weighted by molar-refractivity contribution is 7.89. The molecule has 0 saturated carbocycles. The van der Waals surface area contributed by atoms with Gasteiger partial charge >= 0.3 is 0 Å². The van der Waals surface area contributed by atoms with Crippen molar-refractivity contribution in [1.82, 2.24) is 19.5 Å². The van der Waals surface area contributed by atoms with E-state index < -0.39 is 15.9 Å². The van der Waals surface area contributed by atoms with Crippen molar-refractivity contribution >= 4 is 33.7 Å². The second kappa shape index (κ2) is 10.1. The molecule has 0 spiro atoms. The number of hydrogen-bond acceptors (Lipinski definition) is 5. The van der Waals surface area contributed by atoms with Crippen LogP contribution in [0.3, 0.4) is 0 Å². The lowest BCUT2D eigenvalue weighted by Gasteiger charge is -2.16. The maximum absolute atomic E-state index is 12.6. The number of benzene rings is 2. The van der Waals surface area contributed by atoms with E-state index in [1.807, 2.05) is 37.3 Å². The van der Waals surface area contributed by atoms with Crippen LogP contribution in [-0.2, 0) is 21.4 Å². The highest BCUT2D eigenvalue weighted by atomic mass is 35.5. The Kier molecular flexibility index (Phi) is 7.44. The van der Waals surface area contributed by atoms with Crippen molar-refractivity contribution < 1.29 is 13.2 Å². The molecule has 0 aliphatic heterocycles. The molecule has 3 rings (SSSR count). The first-order chi connectivity index (χ1) is 15.2. The first-order valence-electron chi connectivity index (χ1n) is 9.80. The summed E-state index contributed by atoms with van der Waals surface area (Å²) in [6.45, 7) is 3.78. The van der Waals surface area contributed by atoms with Gasteiger partial charge in [-0.1, -0.05) is 59.6 Å². The predicted molar refractivity (Wildman–Crippen MR) is 124 cm³/mol. The molecule has 0 radical (unpaired) electrons. The number of carbonyl (C=O) groups excluding carboxylic acids is 1. The van der Waals surface area contributed by atoms with Crippen molar-refractivity contribution in [2.24, 2.45) is 5.10 Å². The van der Waals surface area contributed by atoms with Crippen LogP contribution in [0.1, 0.15) is 22.4 Å². The summed E-state index contributed by atoms with van der Waals surface area (Å²) in [5.41, 5.74) is 5.56. The molecule has 8 nitrogen and oxygen atoms in total. The molecule has 1 aromatic heterocycles. The fourth-order valence-electron chi connectivity index (χ4n) is 2.96. The predicted octanol–water partition coefficient (Wildman–Crippen LogP) is 2.97. The van der Waals surface area contributed by atoms with Gasteiger partial charge in [-0.2, -0.15) is 14.5 Å². The highest BCUT2D eigenvalue weighted by Crippen LogP contribution is 2.19. The number of carbonyl (C=O) groups is 1. The third-order valence-corrected chi connectivity index (χ3v) is 6.98. The zero-order valence-corrected chi connectivity index (χ0v) is 19.6. The van der Waals surface area contributed by atoms with Crippen molar-refractivity contribution in [2.45, 2.75) is 25.3 Å². The Morgan fingerprint density at radius 3 is 2.47 bits per heavy atom. The summed E-state index contributed by atoms with van der Waals surface area (Å²) < 4.78 is 27.8. The van der Waals surface area contributed by atoms with E-state index in [0.717, 1.165) is 15.4 Å². The van der Waals surface area contributed by atoms with Gasteiger partial charge in [-0.15, -0.1) is 0 Å². The van der Waals surface area contributed by atoms with Gasteiger partial charge in [0.05, 0.1) is 35.5 Å². The van der Waals surface area contributed by atoms with Crippen LogP contribution in [0.5, 0.6) is 0 Å². The molecule has 0 fully saturated rings. The smallest absolute Gasteiger partial charge is 0.255 e. The lowest BCUT2D eigenvalue weighted by Crippen LogP contribution is -2.36. The minimum Gasteiger partial charge on any atom is -0.272 e. The molecule has 0 atom stereocenters. The van der Waals surface area contributed by atoms with Crippen LogP contribution >= 0.6 is 11.6 Å². The Morgan fingerprint density at radius 2 is 1.81 bits per heavy atom. The summed E-state index contributed by atoms with van der Waals surface area (Å²) >= 11 is 6.43. The number of sulfonamides is 1. The van der Waals surface area contributed by atoms with E-state index in [2.05, 4.69) is 15.6 Å². The number of nitrogens with zero attached hydrogens (tertiary/aromatic N) is 4. The number of hydrazone groups is 1. The molecular weight excluding hydrogens is 450 g/mol. The lowest BCUT2D eigenvalue weighted by atomic mass is 10.2. The number of hydrogen-bond donors (Lipinski definition) is 1. The largest absolute Gasteiger partial charge is 0.272 e. The summed E-state index contributed by atoms with van der Waals surface area (Å²) in [5, 5.41) is 8.73. The number of aryl methyl sites for hydroxylation is 2. The van der Waals surface area contributed by atoms with Crippen LogP contribution in [0, 0.1) is 13.8 Å². The lowest BCUT2D eigenvalue weighted by molar-refractivity contribution is -0.121. The molecule has 0 aliphatic carbocycles. The summed E-state index contributed by atoms with van der Waals surface area (Å²) in [6.07, 6.45) is 1.40. The molecule has 1 N–H and O–H groups in total. The van der Waals surface area contributed by atoms with Gasteiger partial charge in [0.2, 0.25) is 10.0 Å². The number of nitrogens with one attached hydrogen (secondary N) is 1. The minimum absolute atomic E-state index is 0.120. The average molecular weight is 474 g/mol. The third-order valence-electron chi connectivity index (χ3n) is 4.76. The first kappa shape index (κ1) is 23.6. The van der Waals surface area contributed by atoms with Gasteiger partial charge in [0.1, 0.15) is 5.15 Å². The summed E-state index contributed by atoms with van der Waals surface area (Å²) in [7, 11) is -2.44. The molecule has 3 aromatic rings. The van der Waals surface area contributed by atoms with Crippen LogP contribution in [0.2, 0.25) is 5.15 Å². The number of rotatable bonds is 8. The van der Waals surface area contributed by atoms with Crippen molar-refractivity contribution in [3.63, 3.8) is 0 Å². The van der Waals surface area contributed by atoms with E-state index in [1.165, 1.54) is 25.4 Å². The van der Waals surface area contributed by atoms with Crippen molar-refractivity contribution in [3.8, 4) is 0 Å². The maximum Gasteiger partial charge on any atom is 0.255 e. The van der Waals surface area contributed by atoms with Gasteiger partial charge in [0, 0.05) is 7.05 Å². The molecule has 0 bridgehead atoms. The molecule has 2 aromatic carbocycles. The number of likely N-dealkylation sites (N-methyl/N-ethyl adjacent to an activating group) is 1. The molecule has 10 heteroatoms. The maximum atomic E-state index is 12.6. The van der Waals surface area contributed by atoms with Gasteiger partial charge in [0.25, 0.3) is 5.91 Å². The Balaban J connectivity index is 1.62. The van der Waals surface area contributed by atoms with E-state index in [-0.39, 0.29) is 11.4 Å². The van der Waals surface area contributed by atoms with Crippen LogP contribution in [0.15, 0.2) is 64.6 Å². The fraction of sp³-hybridized carbons (Fsp3) is 0.227. The number of aromatic nitrogens is 2. The quantitative estimate of drug-likeness (QED) is 0.401. The second-order valence-corrected chi connectivity index (χ2v) is 9.70. The zero-order valence-electron chi connectivity index (χ0n) is 18.0. The number of halogens is 1. The van der Waals surface area contributed by atoms with E-state index in [4.69, 9.17) is 11.6 Å². The average Bonchev–Trinajstić information content (AvgIpc) is 3.02. The van der Waals surface area contributed by atoms with Crippen molar-refractivity contribution in [2.75, 3.05) is 13.6 Å². The normalized spacial score (nSPS) is 11.9. The van der Waals surface area contributed by atoms with Gasteiger partial charge in [-0.3, -0.25) is 4.79 Å². The SMILES string of the molecule is Cc1ccc(S(=O)(=O)N(C)CC(=O)N/N=C/c2c(C)nn(Cc3ccccc3)c2Cl)cc1. The minimum atomic E-state index is -3.78. The topological polar surface area (TPSA) is 96.7 Å². The summed E-state index contributed by atoms with van der Waals surface area (Å²) in [5.74, 6) is -0.579. The van der Waals surface area contributed by atoms with Crippen molar-refractivity contribution in [3.05, 3.63) is 82.1 Å². The second-order valence-electron chi connectivity index (χ2n) is 7.30. The van der Waals surface area contributed by atoms with Gasteiger partial charge < -0.3 is 0 Å². The van der Waals surface area contributed by atoms with E-state index in [9.17, 15) is 13.2 Å². The molecular formula is C22H24ClN5O3S.